The molecule has 3 aromatic rings. The van der Waals surface area contributed by atoms with Crippen LogP contribution in [-0.4, -0.2) is 12.5 Å². The number of hydrogen-bond acceptors (Lipinski definition) is 4. The maximum Gasteiger partial charge on any atom is 0.266 e. The van der Waals surface area contributed by atoms with Gasteiger partial charge in [-0.25, -0.2) is 0 Å². The first-order valence-electron chi connectivity index (χ1n) is 10.2. The molecule has 3 aromatic carbocycles. The van der Waals surface area contributed by atoms with E-state index in [2.05, 4.69) is 43.8 Å². The van der Waals surface area contributed by atoms with Gasteiger partial charge in [-0.05, 0) is 93.8 Å². The number of carbonyl (C=O) groups is 1. The Morgan fingerprint density at radius 2 is 1.91 bits per heavy atom. The first-order chi connectivity index (χ1) is 15.9. The number of hydrogen-bond donors (Lipinski definition) is 1. The molecule has 1 N–H and O–H groups in total. The first-order valence-corrected chi connectivity index (χ1v) is 12.1. The predicted molar refractivity (Wildman–Crippen MR) is 142 cm³/mol. The summed E-state index contributed by atoms with van der Waals surface area (Å²) in [5.41, 5.74) is 3.54. The molecule has 0 aromatic heterocycles. The van der Waals surface area contributed by atoms with Gasteiger partial charge in [0, 0.05) is 11.8 Å². The summed E-state index contributed by atoms with van der Waals surface area (Å²) in [5.74, 6) is 0.874. The van der Waals surface area contributed by atoms with Crippen LogP contribution in [0, 0.1) is 21.8 Å². The molecule has 0 bridgehead atoms. The number of nitrogens with one attached hydrogen (secondary N) is 1. The van der Waals surface area contributed by atoms with Crippen LogP contribution in [0.2, 0.25) is 0 Å². The molecule has 0 saturated heterocycles. The molecule has 0 heterocycles. The third-order valence-electron chi connectivity index (χ3n) is 4.60. The van der Waals surface area contributed by atoms with E-state index >= 15 is 0 Å². The lowest BCUT2D eigenvalue weighted by Crippen LogP contribution is -2.13. The normalized spacial score (nSPS) is 10.9. The van der Waals surface area contributed by atoms with Crippen LogP contribution in [0.25, 0.3) is 6.08 Å². The fraction of sp³-hybridized carbons (Fsp3) is 0.154. The molecule has 0 spiro atoms. The van der Waals surface area contributed by atoms with Gasteiger partial charge in [-0.2, -0.15) is 5.26 Å². The van der Waals surface area contributed by atoms with Crippen LogP contribution in [0.4, 0.5) is 5.69 Å². The summed E-state index contributed by atoms with van der Waals surface area (Å²) < 4.78 is 13.1. The molecule has 0 fully saturated rings. The Hall–Kier alpha value is -2.83. The van der Waals surface area contributed by atoms with E-state index in [-0.39, 0.29) is 5.57 Å². The summed E-state index contributed by atoms with van der Waals surface area (Å²) in [6, 6.07) is 20.9. The highest BCUT2D eigenvalue weighted by molar-refractivity contribution is 14.1. The molecule has 1 amide bonds. The molecule has 0 saturated carbocycles. The quantitative estimate of drug-likeness (QED) is 0.170. The van der Waals surface area contributed by atoms with Crippen molar-refractivity contribution in [1.29, 1.82) is 5.26 Å². The number of nitriles is 1. The molecule has 0 aliphatic heterocycles. The summed E-state index contributed by atoms with van der Waals surface area (Å²) in [6.45, 7) is 4.90. The summed E-state index contributed by atoms with van der Waals surface area (Å²) in [5, 5.41) is 12.3. The van der Waals surface area contributed by atoms with E-state index in [0.29, 0.717) is 36.0 Å². The number of halogens is 2. The zero-order valence-electron chi connectivity index (χ0n) is 18.2. The van der Waals surface area contributed by atoms with Crippen molar-refractivity contribution in [3.63, 3.8) is 0 Å². The van der Waals surface area contributed by atoms with E-state index in [1.807, 2.05) is 62.4 Å². The molecule has 0 unspecified atom stereocenters. The molecule has 168 valence electrons. The minimum absolute atomic E-state index is 0.00663. The van der Waals surface area contributed by atoms with Crippen molar-refractivity contribution in [3.8, 4) is 17.6 Å². The van der Waals surface area contributed by atoms with E-state index in [9.17, 15) is 10.1 Å². The predicted octanol–water partition coefficient (Wildman–Crippen LogP) is 6.89. The van der Waals surface area contributed by atoms with Crippen LogP contribution in [-0.2, 0) is 11.4 Å². The van der Waals surface area contributed by atoms with Crippen molar-refractivity contribution in [2.24, 2.45) is 0 Å². The number of rotatable bonds is 8. The second-order valence-corrected chi connectivity index (χ2v) is 9.19. The Balaban J connectivity index is 1.75. The van der Waals surface area contributed by atoms with Crippen LogP contribution in [0.5, 0.6) is 11.5 Å². The van der Waals surface area contributed by atoms with E-state index in [1.165, 1.54) is 5.56 Å². The van der Waals surface area contributed by atoms with Crippen LogP contribution >= 0.6 is 38.5 Å². The van der Waals surface area contributed by atoms with E-state index in [1.54, 1.807) is 24.3 Å². The molecule has 7 heteroatoms. The van der Waals surface area contributed by atoms with Crippen molar-refractivity contribution in [2.45, 2.75) is 20.5 Å². The second-order valence-electron chi connectivity index (χ2n) is 7.17. The molecule has 5 nitrogen and oxygen atoms in total. The third-order valence-corrected chi connectivity index (χ3v) is 5.99. The van der Waals surface area contributed by atoms with Gasteiger partial charge in [0.2, 0.25) is 0 Å². The molecule has 0 aliphatic rings. The lowest BCUT2D eigenvalue weighted by atomic mass is 10.1. The fourth-order valence-corrected chi connectivity index (χ4v) is 4.75. The number of nitrogens with zero attached hydrogens (tertiary/aromatic N) is 1. The summed E-state index contributed by atoms with van der Waals surface area (Å²) in [4.78, 5) is 12.7. The SMILES string of the molecule is CCOc1cccc(NC(=O)/C(C#N)=C\c2cc(Br)c(OCc3ccc(C)cc3)c(I)c2)c1. The lowest BCUT2D eigenvalue weighted by Gasteiger charge is -2.12. The number of aryl methyl sites for hydroxylation is 1. The summed E-state index contributed by atoms with van der Waals surface area (Å²) >= 11 is 5.74. The van der Waals surface area contributed by atoms with Crippen LogP contribution in [0.15, 0.2) is 70.7 Å². The Labute approximate surface area is 215 Å². The maximum atomic E-state index is 12.7. The van der Waals surface area contributed by atoms with Crippen molar-refractivity contribution >= 4 is 56.2 Å². The standard InChI is InChI=1S/C26H22BrIN2O3/c1-3-32-22-6-4-5-21(14-22)30-26(31)20(15-29)11-19-12-23(27)25(24(28)13-19)33-16-18-9-7-17(2)8-10-18/h4-14H,3,16H2,1-2H3,(H,30,31)/b20-11-. The number of amides is 1. The van der Waals surface area contributed by atoms with Gasteiger partial charge in [0.25, 0.3) is 5.91 Å². The zero-order valence-corrected chi connectivity index (χ0v) is 21.9. The van der Waals surface area contributed by atoms with Crippen LogP contribution in [0.3, 0.4) is 0 Å². The van der Waals surface area contributed by atoms with Crippen molar-refractivity contribution in [1.82, 2.24) is 0 Å². The van der Waals surface area contributed by atoms with Crippen LogP contribution in [0.1, 0.15) is 23.6 Å². The minimum atomic E-state index is -0.489. The Kier molecular flexibility index (Phi) is 8.92. The molecule has 33 heavy (non-hydrogen) atoms. The van der Waals surface area contributed by atoms with Crippen molar-refractivity contribution in [2.75, 3.05) is 11.9 Å². The van der Waals surface area contributed by atoms with Crippen molar-refractivity contribution in [3.05, 3.63) is 91.0 Å². The smallest absolute Gasteiger partial charge is 0.266 e. The van der Waals surface area contributed by atoms with E-state index in [4.69, 9.17) is 9.47 Å². The highest BCUT2D eigenvalue weighted by atomic mass is 127. The summed E-state index contributed by atoms with van der Waals surface area (Å²) in [7, 11) is 0. The van der Waals surface area contributed by atoms with Gasteiger partial charge in [-0.1, -0.05) is 35.9 Å². The molecule has 3 rings (SSSR count). The average Bonchev–Trinajstić information content (AvgIpc) is 2.78. The van der Waals surface area contributed by atoms with Gasteiger partial charge in [0.1, 0.15) is 29.7 Å². The molecular weight excluding hydrogens is 595 g/mol. The molecule has 0 atom stereocenters. The Bertz CT molecular complexity index is 1190. The lowest BCUT2D eigenvalue weighted by molar-refractivity contribution is -0.112. The van der Waals surface area contributed by atoms with Gasteiger partial charge in [0.05, 0.1) is 14.6 Å². The average molecular weight is 617 g/mol. The van der Waals surface area contributed by atoms with Gasteiger partial charge in [-0.3, -0.25) is 4.79 Å². The third kappa shape index (κ3) is 7.07. The largest absolute Gasteiger partial charge is 0.494 e. The van der Waals surface area contributed by atoms with E-state index in [0.717, 1.165) is 13.6 Å². The fourth-order valence-electron chi connectivity index (χ4n) is 2.98. The number of carbonyl (C=O) groups excluding carboxylic acids is 1. The maximum absolute atomic E-state index is 12.7. The molecular formula is C26H22BrIN2O3. The van der Waals surface area contributed by atoms with Gasteiger partial charge in [-0.15, -0.1) is 0 Å². The Morgan fingerprint density at radius 3 is 2.58 bits per heavy atom. The second kappa shape index (κ2) is 11.9. The van der Waals surface area contributed by atoms with Crippen LogP contribution < -0.4 is 14.8 Å². The zero-order chi connectivity index (χ0) is 23.8. The topological polar surface area (TPSA) is 71.3 Å². The number of ether oxygens (including phenoxy) is 2. The van der Waals surface area contributed by atoms with Gasteiger partial charge >= 0.3 is 0 Å². The minimum Gasteiger partial charge on any atom is -0.494 e. The van der Waals surface area contributed by atoms with Crippen molar-refractivity contribution < 1.29 is 14.3 Å². The van der Waals surface area contributed by atoms with E-state index < -0.39 is 5.91 Å². The summed E-state index contributed by atoms with van der Waals surface area (Å²) in [6.07, 6.45) is 1.55. The first kappa shape index (κ1) is 24.8. The highest BCUT2D eigenvalue weighted by Crippen LogP contribution is 2.33. The number of benzene rings is 3. The molecule has 0 aliphatic carbocycles. The monoisotopic (exact) mass is 616 g/mol. The van der Waals surface area contributed by atoms with Gasteiger partial charge < -0.3 is 14.8 Å². The highest BCUT2D eigenvalue weighted by Gasteiger charge is 2.13. The molecule has 0 radical (unpaired) electrons. The number of anilines is 1. The van der Waals surface area contributed by atoms with Gasteiger partial charge in [0.15, 0.2) is 0 Å². The Morgan fingerprint density at radius 1 is 1.15 bits per heavy atom.